The van der Waals surface area contributed by atoms with E-state index in [0.717, 1.165) is 38.5 Å². The maximum atomic E-state index is 8.34. The van der Waals surface area contributed by atoms with Crippen molar-refractivity contribution in [1.82, 2.24) is 9.80 Å². The normalized spacial score (nSPS) is 9.07. The molecular weight excluding hydrogens is 696 g/mol. The molecule has 0 aromatic heterocycles. The van der Waals surface area contributed by atoms with E-state index >= 15 is 0 Å². The first-order valence-electron chi connectivity index (χ1n) is 14.9. The number of hydrogen-bond acceptors (Lipinski definition) is 13. The van der Waals surface area contributed by atoms with Crippen LogP contribution in [0.25, 0.3) is 0 Å². The van der Waals surface area contributed by atoms with Crippen LogP contribution >= 0.6 is 0 Å². The van der Waals surface area contributed by atoms with Crippen LogP contribution in [0.15, 0.2) is 0 Å². The van der Waals surface area contributed by atoms with Crippen LogP contribution in [-0.4, -0.2) is 180 Å². The predicted octanol–water partition coefficient (Wildman–Crippen LogP) is -1.11. The van der Waals surface area contributed by atoms with Crippen molar-refractivity contribution in [2.75, 3.05) is 120 Å². The molecule has 45 heavy (non-hydrogen) atoms. The smallest absolute Gasteiger partial charge is 0.396 e. The fourth-order valence-electron chi connectivity index (χ4n) is 2.12. The van der Waals surface area contributed by atoms with Gasteiger partial charge in [-0.1, -0.05) is 19.3 Å². The summed E-state index contributed by atoms with van der Waals surface area (Å²) >= 11 is 0. The van der Waals surface area contributed by atoms with Crippen molar-refractivity contribution < 1.29 is 121 Å². The van der Waals surface area contributed by atoms with Crippen LogP contribution in [0.4, 0.5) is 0 Å². The number of ether oxygens (including phenoxy) is 1. The summed E-state index contributed by atoms with van der Waals surface area (Å²) in [5.74, 6) is 0. The van der Waals surface area contributed by atoms with E-state index in [1.54, 1.807) is 0 Å². The summed E-state index contributed by atoms with van der Waals surface area (Å²) in [6.07, 6.45) is 8.90. The number of nitrogens with zero attached hydrogens (tertiary/aromatic N) is 2. The molecule has 0 saturated carbocycles. The van der Waals surface area contributed by atoms with Gasteiger partial charge in [0, 0.05) is 96.0 Å². The Morgan fingerprint density at radius 2 is 0.644 bits per heavy atom. The zero-order valence-corrected chi connectivity index (χ0v) is 33.1. The summed E-state index contributed by atoms with van der Waals surface area (Å²) in [5.41, 5.74) is 0. The molecule has 0 aliphatic heterocycles. The Morgan fingerprint density at radius 3 is 0.800 bits per heavy atom. The molecule has 0 heterocycles. The molecule has 10 N–H and O–H groups in total. The van der Waals surface area contributed by atoms with E-state index in [-0.39, 0.29) is 131 Å². The van der Waals surface area contributed by atoms with Gasteiger partial charge in [-0.3, -0.25) is 0 Å². The number of likely N-dealkylation sites (N-methyl/N-ethyl adjacent to an activating group) is 2. The second-order valence-corrected chi connectivity index (χ2v) is 8.64. The van der Waals surface area contributed by atoms with Gasteiger partial charge in [0.2, 0.25) is 0 Å². The molecule has 0 aliphatic rings. The van der Waals surface area contributed by atoms with E-state index in [1.165, 1.54) is 19.3 Å². The van der Waals surface area contributed by atoms with Crippen molar-refractivity contribution in [3.63, 3.8) is 0 Å². The van der Waals surface area contributed by atoms with Gasteiger partial charge in [0.05, 0.1) is 52.9 Å². The summed E-state index contributed by atoms with van der Waals surface area (Å²) in [5, 5.41) is 81.9. The zero-order chi connectivity index (χ0) is 33.5. The number of unbranched alkanes of at least 4 members (excludes halogenated alkanes) is 6. The first-order valence-corrected chi connectivity index (χ1v) is 14.9. The Hall–Kier alpha value is 1.62. The van der Waals surface area contributed by atoms with Crippen molar-refractivity contribution >= 4 is 0 Å². The van der Waals surface area contributed by atoms with Crippen LogP contribution in [0.3, 0.4) is 0 Å². The SMILES string of the molecule is CN(CCO)CCO.CN(CCO)CCO.OCCCCO.OCCCCO.OCCOCCO.[CH2-]CCCCC[CH2-].[Ti+2].[Ti].[Ti]. The zero-order valence-electron chi connectivity index (χ0n) is 28.4. The van der Waals surface area contributed by atoms with Gasteiger partial charge >= 0.3 is 21.7 Å². The molecule has 13 nitrogen and oxygen atoms in total. The number of rotatable bonds is 22. The monoisotopic (exact) mass is 766 g/mol. The van der Waals surface area contributed by atoms with E-state index in [9.17, 15) is 0 Å². The van der Waals surface area contributed by atoms with Gasteiger partial charge < -0.3 is 79.4 Å². The first-order chi connectivity index (χ1) is 20.3. The van der Waals surface area contributed by atoms with E-state index < -0.39 is 0 Å². The van der Waals surface area contributed by atoms with E-state index in [4.69, 9.17) is 51.1 Å². The molecule has 0 radical (unpaired) electrons. The van der Waals surface area contributed by atoms with Gasteiger partial charge in [-0.15, -0.1) is 0 Å². The fraction of sp³-hybridized carbons (Fsp3) is 0.931. The summed E-state index contributed by atoms with van der Waals surface area (Å²) in [4.78, 5) is 3.72. The average molecular weight is 766 g/mol. The molecule has 0 fully saturated rings. The van der Waals surface area contributed by atoms with Crippen molar-refractivity contribution in [1.29, 1.82) is 0 Å². The van der Waals surface area contributed by atoms with Gasteiger partial charge in [0.25, 0.3) is 0 Å². The second-order valence-electron chi connectivity index (χ2n) is 8.64. The van der Waals surface area contributed by atoms with Gasteiger partial charge in [-0.05, 0) is 39.8 Å². The van der Waals surface area contributed by atoms with Gasteiger partial charge in [-0.2, -0.15) is 12.8 Å². The molecule has 274 valence electrons. The van der Waals surface area contributed by atoms with Crippen LogP contribution in [0, 0.1) is 13.8 Å². The van der Waals surface area contributed by atoms with E-state index in [2.05, 4.69) is 18.6 Å². The molecule has 0 unspecified atom stereocenters. The summed E-state index contributed by atoms with van der Waals surface area (Å²) in [6, 6.07) is 0. The maximum Gasteiger partial charge on any atom is 2.00 e. The molecule has 0 amide bonds. The molecule has 0 spiro atoms. The molecule has 0 aliphatic carbocycles. The van der Waals surface area contributed by atoms with Crippen LogP contribution < -0.4 is 0 Å². The summed E-state index contributed by atoms with van der Waals surface area (Å²) in [7, 11) is 3.71. The van der Waals surface area contributed by atoms with Crippen LogP contribution in [-0.2, 0) is 69.9 Å². The van der Waals surface area contributed by atoms with Crippen molar-refractivity contribution in [3.05, 3.63) is 13.8 Å². The summed E-state index contributed by atoms with van der Waals surface area (Å²) < 4.78 is 4.63. The van der Waals surface area contributed by atoms with Crippen molar-refractivity contribution in [2.45, 2.75) is 57.8 Å². The third kappa shape index (κ3) is 114. The average Bonchev–Trinajstić information content (AvgIpc) is 2.98. The molecule has 0 aromatic rings. The fourth-order valence-corrected chi connectivity index (χ4v) is 2.12. The Morgan fingerprint density at radius 1 is 0.400 bits per heavy atom. The van der Waals surface area contributed by atoms with Crippen molar-refractivity contribution in [3.8, 4) is 0 Å². The predicted molar refractivity (Wildman–Crippen MR) is 169 cm³/mol. The Balaban J connectivity index is -0.0000000489. The molecule has 0 aromatic carbocycles. The van der Waals surface area contributed by atoms with Gasteiger partial charge in [0.1, 0.15) is 0 Å². The standard InChI is InChI=1S/C7H14.2C5H13NO2.C4H10O3.2C4H10O2.3Ti/c1-3-5-7-6-4-2;2*1-6(2-4-7)3-5-8;5-1-3-7-4-2-6;2*5-3-1-2-4-6;;;/h1-7H2;2*7-8H,2-5H2,1H3;5-6H,1-4H2;2*5-6H,1-4H2;;;/q-2;;;;;;;;+2. The largest absolute Gasteiger partial charge is 2.00 e. The minimum Gasteiger partial charge on any atom is -0.396 e. The molecule has 16 heteroatoms. The van der Waals surface area contributed by atoms with Crippen LogP contribution in [0.5, 0.6) is 0 Å². The maximum absolute atomic E-state index is 8.34. The van der Waals surface area contributed by atoms with Crippen LogP contribution in [0.1, 0.15) is 57.8 Å². The third-order valence-corrected chi connectivity index (χ3v) is 4.53. The quantitative estimate of drug-likeness (QED) is 0.0360. The Labute approximate surface area is 320 Å². The molecule has 0 saturated heterocycles. The number of hydrogen-bond donors (Lipinski definition) is 10. The minimum atomic E-state index is 0. The Bertz CT molecular complexity index is 321. The Kier molecular flexibility index (Phi) is 122. The first kappa shape index (κ1) is 68.6. The molecule has 0 rings (SSSR count). The topological polar surface area (TPSA) is 218 Å². The molecular formula is C29H70N2O11Ti3. The second kappa shape index (κ2) is 80.4. The number of aliphatic hydroxyl groups is 10. The third-order valence-electron chi connectivity index (χ3n) is 4.53. The van der Waals surface area contributed by atoms with Crippen LogP contribution in [0.2, 0.25) is 0 Å². The molecule has 0 atom stereocenters. The molecule has 0 bridgehead atoms. The number of aliphatic hydroxyl groups excluding tert-OH is 10. The van der Waals surface area contributed by atoms with Gasteiger partial charge in [-0.25, -0.2) is 0 Å². The van der Waals surface area contributed by atoms with Gasteiger partial charge in [0.15, 0.2) is 0 Å². The van der Waals surface area contributed by atoms with E-state index in [1.807, 2.05) is 23.9 Å². The minimum absolute atomic E-state index is 0. The van der Waals surface area contributed by atoms with Crippen molar-refractivity contribution in [2.24, 2.45) is 0 Å². The summed E-state index contributed by atoms with van der Waals surface area (Å²) in [6.45, 7) is 12.2. The van der Waals surface area contributed by atoms with E-state index in [0.29, 0.717) is 39.4 Å².